The third kappa shape index (κ3) is 4.33. The first-order valence-electron chi connectivity index (χ1n) is 9.90. The molecule has 0 amide bonds. The van der Waals surface area contributed by atoms with E-state index in [4.69, 9.17) is 20.4 Å². The van der Waals surface area contributed by atoms with Gasteiger partial charge in [-0.15, -0.1) is 0 Å². The summed E-state index contributed by atoms with van der Waals surface area (Å²) in [4.78, 5) is 21.8. The number of nitrogen functional groups attached to an aromatic ring is 1. The lowest BCUT2D eigenvalue weighted by Crippen LogP contribution is -2.19. The van der Waals surface area contributed by atoms with Crippen molar-refractivity contribution in [2.24, 2.45) is 0 Å². The molecular weight excluding hydrogens is 384 g/mol. The predicted octanol–water partition coefficient (Wildman–Crippen LogP) is 2.51. The van der Waals surface area contributed by atoms with Crippen molar-refractivity contribution in [3.05, 3.63) is 29.2 Å². The van der Waals surface area contributed by atoms with Crippen LogP contribution in [0.2, 0.25) is 0 Å². The number of rotatable bonds is 4. The van der Waals surface area contributed by atoms with Gasteiger partial charge in [-0.2, -0.15) is 5.26 Å². The summed E-state index contributed by atoms with van der Waals surface area (Å²) in [5.74, 6) is 0.841. The predicted molar refractivity (Wildman–Crippen MR) is 112 cm³/mol. The van der Waals surface area contributed by atoms with Crippen LogP contribution in [0.15, 0.2) is 12.4 Å². The van der Waals surface area contributed by atoms with E-state index in [1.54, 1.807) is 12.4 Å². The summed E-state index contributed by atoms with van der Waals surface area (Å²) in [5, 5.41) is 19.8. The standard InChI is InChI=1S/C20H24N6O.CH2O2/c1-20(2)6-5-14-16(15(8-21)18(22)26-17(14)20)12-9-23-19(24-10-12)25-11-13-4-3-7-27-13;2-1-3/h9-10,13H,3-7,11H2,1-2H3,(H2,22,26)(H,23,24,25);1H,(H,2,3). The van der Waals surface area contributed by atoms with Crippen molar-refractivity contribution < 1.29 is 14.6 Å². The van der Waals surface area contributed by atoms with Crippen molar-refractivity contribution in [3.63, 3.8) is 0 Å². The van der Waals surface area contributed by atoms with Crippen LogP contribution >= 0.6 is 0 Å². The Morgan fingerprint density at radius 3 is 2.73 bits per heavy atom. The Morgan fingerprint density at radius 2 is 2.13 bits per heavy atom. The van der Waals surface area contributed by atoms with Gasteiger partial charge in [-0.1, -0.05) is 13.8 Å². The average Bonchev–Trinajstić information content (AvgIpc) is 3.35. The van der Waals surface area contributed by atoms with E-state index in [0.717, 1.165) is 54.7 Å². The maximum atomic E-state index is 9.64. The number of ether oxygens (including phenoxy) is 1. The number of hydrogen-bond acceptors (Lipinski definition) is 8. The van der Waals surface area contributed by atoms with Crippen LogP contribution in [0.5, 0.6) is 0 Å². The maximum absolute atomic E-state index is 9.64. The Balaban J connectivity index is 0.000000806. The van der Waals surface area contributed by atoms with E-state index in [1.807, 2.05) is 0 Å². The fourth-order valence-corrected chi connectivity index (χ4v) is 3.99. The molecule has 1 saturated heterocycles. The number of anilines is 2. The summed E-state index contributed by atoms with van der Waals surface area (Å²) in [5.41, 5.74) is 10.2. The SMILES string of the molecule is CC1(C)CCc2c1nc(N)c(C#N)c2-c1cnc(NCC2CCCO2)nc1.O=CO. The van der Waals surface area contributed by atoms with Gasteiger partial charge < -0.3 is 20.9 Å². The molecule has 158 valence electrons. The van der Waals surface area contributed by atoms with Gasteiger partial charge in [-0.3, -0.25) is 4.79 Å². The summed E-state index contributed by atoms with van der Waals surface area (Å²) in [7, 11) is 0. The van der Waals surface area contributed by atoms with E-state index >= 15 is 0 Å². The zero-order valence-electron chi connectivity index (χ0n) is 17.2. The molecule has 2 aromatic rings. The first-order valence-corrected chi connectivity index (χ1v) is 9.90. The minimum Gasteiger partial charge on any atom is -0.483 e. The highest BCUT2D eigenvalue weighted by Gasteiger charge is 2.35. The molecule has 4 N–H and O–H groups in total. The monoisotopic (exact) mass is 410 g/mol. The van der Waals surface area contributed by atoms with Crippen molar-refractivity contribution >= 4 is 18.2 Å². The number of carboxylic acid groups (broad SMARTS) is 1. The van der Waals surface area contributed by atoms with Crippen LogP contribution in [0.25, 0.3) is 11.1 Å². The van der Waals surface area contributed by atoms with Crippen LogP contribution < -0.4 is 11.1 Å². The van der Waals surface area contributed by atoms with Gasteiger partial charge in [0, 0.05) is 42.1 Å². The molecule has 1 aliphatic heterocycles. The lowest BCUT2D eigenvalue weighted by molar-refractivity contribution is -0.122. The summed E-state index contributed by atoms with van der Waals surface area (Å²) in [6.07, 6.45) is 7.77. The highest BCUT2D eigenvalue weighted by Crippen LogP contribution is 2.43. The van der Waals surface area contributed by atoms with E-state index in [9.17, 15) is 5.26 Å². The van der Waals surface area contributed by atoms with E-state index in [2.05, 4.69) is 40.2 Å². The molecule has 0 aromatic carbocycles. The fourth-order valence-electron chi connectivity index (χ4n) is 3.99. The quantitative estimate of drug-likeness (QED) is 0.647. The molecule has 1 fully saturated rings. The second-order valence-corrected chi connectivity index (χ2v) is 7.99. The molecule has 3 heterocycles. The number of aromatic nitrogens is 3. The number of hydrogen-bond donors (Lipinski definition) is 3. The number of pyridine rings is 1. The highest BCUT2D eigenvalue weighted by molar-refractivity contribution is 5.79. The molecule has 0 saturated carbocycles. The van der Waals surface area contributed by atoms with Gasteiger partial charge in [0.25, 0.3) is 6.47 Å². The molecular formula is C21H26N6O3. The first kappa shape index (κ1) is 21.5. The number of nitrogens with one attached hydrogen (secondary N) is 1. The third-order valence-electron chi connectivity index (χ3n) is 5.53. The molecule has 2 aromatic heterocycles. The number of nitrogens with two attached hydrogens (primary N) is 1. The highest BCUT2D eigenvalue weighted by atomic mass is 16.5. The van der Waals surface area contributed by atoms with Gasteiger partial charge >= 0.3 is 0 Å². The number of carbonyl (C=O) groups is 1. The van der Waals surface area contributed by atoms with Gasteiger partial charge in [-0.25, -0.2) is 15.0 Å². The van der Waals surface area contributed by atoms with Gasteiger partial charge in [0.05, 0.1) is 11.8 Å². The fraction of sp³-hybridized carbons (Fsp3) is 0.476. The maximum Gasteiger partial charge on any atom is 0.290 e. The van der Waals surface area contributed by atoms with E-state index in [-0.39, 0.29) is 23.8 Å². The molecule has 2 aliphatic rings. The van der Waals surface area contributed by atoms with Crippen LogP contribution in [0, 0.1) is 11.3 Å². The van der Waals surface area contributed by atoms with Crippen molar-refractivity contribution in [2.45, 2.75) is 51.0 Å². The average molecular weight is 410 g/mol. The lowest BCUT2D eigenvalue weighted by Gasteiger charge is -2.19. The van der Waals surface area contributed by atoms with E-state index < -0.39 is 0 Å². The summed E-state index contributed by atoms with van der Waals surface area (Å²) in [6, 6.07) is 2.22. The molecule has 9 heteroatoms. The second kappa shape index (κ2) is 9.05. The number of nitriles is 1. The van der Waals surface area contributed by atoms with Gasteiger partial charge in [0.15, 0.2) is 0 Å². The Kier molecular flexibility index (Phi) is 6.47. The Bertz CT molecular complexity index is 947. The van der Waals surface area contributed by atoms with Crippen LogP contribution in [0.4, 0.5) is 11.8 Å². The largest absolute Gasteiger partial charge is 0.483 e. The lowest BCUT2D eigenvalue weighted by atomic mass is 9.89. The van der Waals surface area contributed by atoms with Crippen molar-refractivity contribution in [2.75, 3.05) is 24.2 Å². The van der Waals surface area contributed by atoms with Crippen LogP contribution in [0.3, 0.4) is 0 Å². The summed E-state index contributed by atoms with van der Waals surface area (Å²) >= 11 is 0. The molecule has 0 radical (unpaired) electrons. The van der Waals surface area contributed by atoms with Crippen molar-refractivity contribution in [1.82, 2.24) is 15.0 Å². The molecule has 9 nitrogen and oxygen atoms in total. The molecule has 1 aliphatic carbocycles. The van der Waals surface area contributed by atoms with E-state index in [0.29, 0.717) is 18.1 Å². The topological polar surface area (TPSA) is 147 Å². The molecule has 1 atom stereocenters. The van der Waals surface area contributed by atoms with Crippen LogP contribution in [-0.2, 0) is 21.4 Å². The van der Waals surface area contributed by atoms with Gasteiger partial charge in [0.2, 0.25) is 5.95 Å². The molecule has 0 spiro atoms. The Hall–Kier alpha value is -3.25. The zero-order chi connectivity index (χ0) is 21.7. The molecule has 1 unspecified atom stereocenters. The van der Waals surface area contributed by atoms with Crippen LogP contribution in [0.1, 0.15) is 49.9 Å². The summed E-state index contributed by atoms with van der Waals surface area (Å²) in [6.45, 7) is 5.61. The van der Waals surface area contributed by atoms with Crippen molar-refractivity contribution in [1.29, 1.82) is 5.26 Å². The smallest absolute Gasteiger partial charge is 0.290 e. The van der Waals surface area contributed by atoms with Gasteiger partial charge in [0.1, 0.15) is 17.5 Å². The third-order valence-corrected chi connectivity index (χ3v) is 5.53. The minimum absolute atomic E-state index is 0.0458. The molecule has 0 bridgehead atoms. The Labute approximate surface area is 175 Å². The molecule has 30 heavy (non-hydrogen) atoms. The second-order valence-electron chi connectivity index (χ2n) is 7.99. The summed E-state index contributed by atoms with van der Waals surface area (Å²) < 4.78 is 5.61. The Morgan fingerprint density at radius 1 is 1.43 bits per heavy atom. The van der Waals surface area contributed by atoms with Crippen LogP contribution in [-0.4, -0.2) is 45.8 Å². The number of nitrogens with zero attached hydrogens (tertiary/aromatic N) is 4. The minimum atomic E-state index is -0.250. The van der Waals surface area contributed by atoms with Gasteiger partial charge in [-0.05, 0) is 31.2 Å². The molecule has 4 rings (SSSR count). The van der Waals surface area contributed by atoms with E-state index in [1.165, 1.54) is 0 Å². The normalized spacial score (nSPS) is 18.6. The van der Waals surface area contributed by atoms with Crippen molar-refractivity contribution in [3.8, 4) is 17.2 Å². The zero-order valence-corrected chi connectivity index (χ0v) is 17.2. The first-order chi connectivity index (χ1) is 14.4. The number of fused-ring (bicyclic) bond motifs is 1.